The zero-order valence-electron chi connectivity index (χ0n) is 13.7. The van der Waals surface area contributed by atoms with Crippen molar-refractivity contribution in [2.24, 2.45) is 0 Å². The predicted octanol–water partition coefficient (Wildman–Crippen LogP) is 5.61. The monoisotopic (exact) mass is 314 g/mol. The molecule has 2 radical (unpaired) electrons. The Morgan fingerprint density at radius 2 is 0.960 bits per heavy atom. The molecule has 0 N–H and O–H groups in total. The summed E-state index contributed by atoms with van der Waals surface area (Å²) >= 11 is 0. The number of hydrogen-bond acceptors (Lipinski definition) is 0. The molecule has 0 amide bonds. The Balaban J connectivity index is 2.04. The van der Waals surface area contributed by atoms with E-state index in [2.05, 4.69) is 84.9 Å². The van der Waals surface area contributed by atoms with Crippen molar-refractivity contribution in [2.45, 2.75) is 0 Å². The molecule has 0 nitrogen and oxygen atoms in total. The molecule has 0 atom stereocenters. The molecule has 5 aromatic carbocycles. The average molecular weight is 314 g/mol. The average Bonchev–Trinajstić information content (AvgIpc) is 2.69. The highest BCUT2D eigenvalue weighted by Crippen LogP contribution is 2.37. The van der Waals surface area contributed by atoms with Crippen LogP contribution in [0.5, 0.6) is 0 Å². The summed E-state index contributed by atoms with van der Waals surface area (Å²) in [6.07, 6.45) is 0. The predicted molar refractivity (Wildman–Crippen MR) is 110 cm³/mol. The molecule has 25 heavy (non-hydrogen) atoms. The van der Waals surface area contributed by atoms with Crippen molar-refractivity contribution in [1.29, 1.82) is 0 Å². The quantitative estimate of drug-likeness (QED) is 0.279. The summed E-state index contributed by atoms with van der Waals surface area (Å²) in [6, 6.07) is 32.0. The van der Waals surface area contributed by atoms with Gasteiger partial charge in [-0.25, -0.2) is 0 Å². The van der Waals surface area contributed by atoms with Crippen LogP contribution in [0.2, 0.25) is 0 Å². The molecule has 0 saturated carbocycles. The van der Waals surface area contributed by atoms with Gasteiger partial charge in [0.2, 0.25) is 0 Å². The summed E-state index contributed by atoms with van der Waals surface area (Å²) in [5, 5.41) is 7.30. The van der Waals surface area contributed by atoms with Gasteiger partial charge in [-0.3, -0.25) is 0 Å². The van der Waals surface area contributed by atoms with Crippen LogP contribution >= 0.6 is 0 Å². The molecule has 0 fully saturated rings. The van der Waals surface area contributed by atoms with Gasteiger partial charge in [-0.1, -0.05) is 90.4 Å². The van der Waals surface area contributed by atoms with E-state index in [1.54, 1.807) is 0 Å². The lowest BCUT2D eigenvalue weighted by Crippen LogP contribution is -2.04. The van der Waals surface area contributed by atoms with Crippen molar-refractivity contribution < 1.29 is 0 Å². The lowest BCUT2D eigenvalue weighted by molar-refractivity contribution is 1.67. The molecule has 0 bridgehead atoms. The van der Waals surface area contributed by atoms with Crippen LogP contribution in [0.1, 0.15) is 0 Å². The molecule has 0 aliphatic heterocycles. The minimum atomic E-state index is 0.834. The Hall–Kier alpha value is -3.06. The van der Waals surface area contributed by atoms with E-state index in [-0.39, 0.29) is 0 Å². The maximum absolute atomic E-state index is 6.36. The van der Waals surface area contributed by atoms with Gasteiger partial charge in [-0.15, -0.1) is 0 Å². The third kappa shape index (κ3) is 2.16. The second kappa shape index (κ2) is 5.49. The summed E-state index contributed by atoms with van der Waals surface area (Å²) in [6.45, 7) is 0. The van der Waals surface area contributed by atoms with Crippen molar-refractivity contribution in [1.82, 2.24) is 0 Å². The van der Waals surface area contributed by atoms with Crippen molar-refractivity contribution in [3.63, 3.8) is 0 Å². The van der Waals surface area contributed by atoms with Gasteiger partial charge in [0.15, 0.2) is 0 Å². The van der Waals surface area contributed by atoms with E-state index in [1.807, 2.05) is 6.07 Å². The minimum absolute atomic E-state index is 0.834. The van der Waals surface area contributed by atoms with E-state index < -0.39 is 0 Å². The fraction of sp³-hybridized carbons (Fsp3) is 0. The number of hydrogen-bond donors (Lipinski definition) is 0. The molecule has 0 heterocycles. The maximum atomic E-state index is 6.36. The van der Waals surface area contributed by atoms with Gasteiger partial charge in [0.1, 0.15) is 7.85 Å². The highest BCUT2D eigenvalue weighted by Gasteiger charge is 2.11. The van der Waals surface area contributed by atoms with E-state index in [9.17, 15) is 0 Å². The lowest BCUT2D eigenvalue weighted by atomic mass is 9.84. The molecule has 5 rings (SSSR count). The van der Waals surface area contributed by atoms with Crippen molar-refractivity contribution in [2.75, 3.05) is 0 Å². The van der Waals surface area contributed by atoms with Gasteiger partial charge in [-0.05, 0) is 49.5 Å². The van der Waals surface area contributed by atoms with Gasteiger partial charge in [0.25, 0.3) is 0 Å². The molecular weight excluding hydrogens is 299 g/mol. The van der Waals surface area contributed by atoms with Crippen molar-refractivity contribution >= 4 is 45.6 Å². The molecule has 0 spiro atoms. The second-order valence-electron chi connectivity index (χ2n) is 6.44. The zero-order valence-corrected chi connectivity index (χ0v) is 13.7. The highest BCUT2D eigenvalue weighted by atomic mass is 14.1. The molecule has 5 aromatic rings. The van der Waals surface area contributed by atoms with Gasteiger partial charge in [-0.2, -0.15) is 0 Å². The molecule has 0 saturated heterocycles. The van der Waals surface area contributed by atoms with Crippen LogP contribution < -0.4 is 5.46 Å². The fourth-order valence-electron chi connectivity index (χ4n) is 3.84. The molecular formula is C24H15B. The minimum Gasteiger partial charge on any atom is -0.0883 e. The summed E-state index contributed by atoms with van der Waals surface area (Å²) in [5.74, 6) is 0. The number of fused-ring (bicyclic) bond motifs is 5. The summed E-state index contributed by atoms with van der Waals surface area (Å²) in [5.41, 5.74) is 3.33. The third-order valence-corrected chi connectivity index (χ3v) is 5.00. The van der Waals surface area contributed by atoms with Gasteiger partial charge in [0, 0.05) is 0 Å². The number of benzene rings is 5. The van der Waals surface area contributed by atoms with Gasteiger partial charge < -0.3 is 0 Å². The van der Waals surface area contributed by atoms with Crippen LogP contribution in [0.4, 0.5) is 0 Å². The van der Waals surface area contributed by atoms with E-state index in [0.717, 1.165) is 10.8 Å². The molecule has 0 aliphatic rings. The second-order valence-corrected chi connectivity index (χ2v) is 6.44. The van der Waals surface area contributed by atoms with Crippen molar-refractivity contribution in [3.05, 3.63) is 91.0 Å². The van der Waals surface area contributed by atoms with E-state index in [0.29, 0.717) is 0 Å². The van der Waals surface area contributed by atoms with Crippen LogP contribution in [0.15, 0.2) is 91.0 Å². The molecule has 1 heteroatoms. The first-order valence-electron chi connectivity index (χ1n) is 8.51. The fourth-order valence-corrected chi connectivity index (χ4v) is 3.84. The van der Waals surface area contributed by atoms with E-state index in [4.69, 9.17) is 7.85 Å². The zero-order chi connectivity index (χ0) is 16.8. The normalized spacial score (nSPS) is 11.4. The Labute approximate surface area is 148 Å². The summed E-state index contributed by atoms with van der Waals surface area (Å²) in [4.78, 5) is 0. The topological polar surface area (TPSA) is 0 Å². The molecule has 0 unspecified atom stereocenters. The largest absolute Gasteiger partial charge is 0.114 e. The van der Waals surface area contributed by atoms with Crippen molar-refractivity contribution in [3.8, 4) is 11.1 Å². The first-order chi connectivity index (χ1) is 12.3. The van der Waals surface area contributed by atoms with Crippen LogP contribution in [-0.4, -0.2) is 7.85 Å². The van der Waals surface area contributed by atoms with Gasteiger partial charge >= 0.3 is 0 Å². The third-order valence-electron chi connectivity index (χ3n) is 5.00. The van der Waals surface area contributed by atoms with Crippen LogP contribution in [0.3, 0.4) is 0 Å². The lowest BCUT2D eigenvalue weighted by Gasteiger charge is -2.14. The molecule has 0 aliphatic carbocycles. The van der Waals surface area contributed by atoms with Crippen LogP contribution in [0.25, 0.3) is 43.4 Å². The summed E-state index contributed by atoms with van der Waals surface area (Å²) < 4.78 is 0. The Kier molecular flexibility index (Phi) is 3.14. The maximum Gasteiger partial charge on any atom is 0.114 e. The van der Waals surface area contributed by atoms with Crippen LogP contribution in [0, 0.1) is 0 Å². The smallest absolute Gasteiger partial charge is 0.0883 e. The highest BCUT2D eigenvalue weighted by molar-refractivity contribution is 6.42. The number of rotatable bonds is 1. The SMILES string of the molecule is [B]c1cc2c3ccccc3c(-c3ccccc3)cc2c2ccccc12. The first kappa shape index (κ1) is 14.3. The Morgan fingerprint density at radius 3 is 1.68 bits per heavy atom. The summed E-state index contributed by atoms with van der Waals surface area (Å²) in [7, 11) is 6.36. The Bertz CT molecular complexity index is 1240. The van der Waals surface area contributed by atoms with E-state index in [1.165, 1.54) is 38.1 Å². The van der Waals surface area contributed by atoms with Crippen LogP contribution in [-0.2, 0) is 0 Å². The Morgan fingerprint density at radius 1 is 0.440 bits per heavy atom. The van der Waals surface area contributed by atoms with E-state index >= 15 is 0 Å². The standard InChI is InChI=1S/C24H15B/c25-24-15-23-18-11-5-4-10-17(18)21(16-8-2-1-3-9-16)14-22(23)19-12-6-7-13-20(19)24/h1-15H. The molecule has 0 aromatic heterocycles. The first-order valence-corrected chi connectivity index (χ1v) is 8.51. The van der Waals surface area contributed by atoms with Gasteiger partial charge in [0.05, 0.1) is 0 Å². The molecule has 114 valence electrons.